The topological polar surface area (TPSA) is 0 Å². The van der Waals surface area contributed by atoms with Crippen molar-refractivity contribution in [3.63, 3.8) is 0 Å². The van der Waals surface area contributed by atoms with E-state index in [0.717, 1.165) is 51.4 Å². The zero-order chi connectivity index (χ0) is 31.3. The van der Waals surface area contributed by atoms with E-state index in [4.69, 9.17) is 0 Å². The number of hydrogen-bond donors (Lipinski definition) is 0. The molecule has 4 heterocycles. The van der Waals surface area contributed by atoms with Gasteiger partial charge in [-0.3, -0.25) is 0 Å². The second-order valence-corrected chi connectivity index (χ2v) is 26.5. The van der Waals surface area contributed by atoms with E-state index in [2.05, 4.69) is 95.3 Å². The minimum atomic E-state index is -0.00528. The van der Waals surface area contributed by atoms with Crippen LogP contribution >= 0.6 is 31.7 Å². The molecule has 2 aromatic rings. The fourth-order valence-corrected chi connectivity index (χ4v) is 29.1. The van der Waals surface area contributed by atoms with Crippen LogP contribution in [-0.4, -0.2) is 52.7 Å². The molecule has 0 radical (unpaired) electrons. The van der Waals surface area contributed by atoms with Crippen LogP contribution < -0.4 is 0 Å². The van der Waals surface area contributed by atoms with Crippen molar-refractivity contribution in [3.05, 3.63) is 71.8 Å². The molecule has 4 aliphatic rings. The average molecular weight is 681 g/mol. The highest BCUT2D eigenvalue weighted by atomic mass is 31.2. The maximum absolute atomic E-state index is 2.61. The molecule has 4 fully saturated rings. The van der Waals surface area contributed by atoms with Crippen molar-refractivity contribution in [2.24, 2.45) is 11.8 Å². The molecule has 2 aromatic carbocycles. The summed E-state index contributed by atoms with van der Waals surface area (Å²) in [7, 11) is 0.559. The van der Waals surface area contributed by atoms with Gasteiger partial charge in [-0.15, -0.1) is 7.92 Å². The molecule has 0 spiro atoms. The molecule has 4 saturated heterocycles. The first-order valence-corrected chi connectivity index (χ1v) is 26.0. The first kappa shape index (κ1) is 35.0. The summed E-state index contributed by atoms with van der Waals surface area (Å²) < 4.78 is 0. The van der Waals surface area contributed by atoms with Gasteiger partial charge in [-0.05, 0) is 146 Å². The Morgan fingerprint density at radius 2 is 1.13 bits per heavy atom. The van der Waals surface area contributed by atoms with E-state index < -0.39 is 0 Å². The monoisotopic (exact) mass is 680 g/mol. The Balaban J connectivity index is 1.27. The Bertz CT molecular complexity index is 1150. The SMILES string of the molecule is CC[C@@H]1CCCP1CCP1[C@H](CC)CC(C2C[C@@H](c3ccccc3)P(CP3[C@H](CC)CC[C@H]3c3ccccc3)[C@@H]2CC)[C@H]1CC. The van der Waals surface area contributed by atoms with E-state index in [1.54, 1.807) is 48.4 Å². The summed E-state index contributed by atoms with van der Waals surface area (Å²) in [4.78, 5) is 0. The van der Waals surface area contributed by atoms with Crippen molar-refractivity contribution >= 4 is 31.7 Å². The fraction of sp³-hybridized carbons (Fsp3) is 0.707. The molecule has 0 aromatic heterocycles. The predicted molar refractivity (Wildman–Crippen MR) is 211 cm³/mol. The lowest BCUT2D eigenvalue weighted by molar-refractivity contribution is 0.295. The average Bonchev–Trinajstić information content (AvgIpc) is 3.88. The molecule has 13 atom stereocenters. The largest absolute Gasteiger partial charge is 0.103 e. The molecule has 4 aliphatic heterocycles. The molecule has 0 amide bonds. The van der Waals surface area contributed by atoms with Gasteiger partial charge < -0.3 is 0 Å². The lowest BCUT2D eigenvalue weighted by atomic mass is 9.79. The lowest BCUT2D eigenvalue weighted by Crippen LogP contribution is -2.28. The van der Waals surface area contributed by atoms with Crippen LogP contribution in [0.25, 0.3) is 0 Å². The quantitative estimate of drug-likeness (QED) is 0.185. The second kappa shape index (κ2) is 16.7. The van der Waals surface area contributed by atoms with E-state index >= 15 is 0 Å². The Morgan fingerprint density at radius 3 is 1.76 bits per heavy atom. The molecule has 0 saturated carbocycles. The van der Waals surface area contributed by atoms with Crippen LogP contribution in [0.3, 0.4) is 0 Å². The van der Waals surface area contributed by atoms with Gasteiger partial charge in [0.1, 0.15) is 0 Å². The van der Waals surface area contributed by atoms with Gasteiger partial charge in [0.15, 0.2) is 0 Å². The second-order valence-electron chi connectivity index (χ2n) is 15.0. The van der Waals surface area contributed by atoms with Gasteiger partial charge in [0.05, 0.1) is 0 Å². The van der Waals surface area contributed by atoms with Gasteiger partial charge in [0, 0.05) is 11.3 Å². The van der Waals surface area contributed by atoms with Gasteiger partial charge in [-0.25, -0.2) is 0 Å². The van der Waals surface area contributed by atoms with E-state index in [9.17, 15) is 0 Å². The van der Waals surface area contributed by atoms with Gasteiger partial charge >= 0.3 is 0 Å². The Kier molecular flexibility index (Phi) is 13.0. The molecule has 0 bridgehead atoms. The summed E-state index contributed by atoms with van der Waals surface area (Å²) in [5.41, 5.74) is 10.2. The van der Waals surface area contributed by atoms with Crippen molar-refractivity contribution in [1.29, 1.82) is 0 Å². The highest BCUT2D eigenvalue weighted by Crippen LogP contribution is 2.78. The third-order valence-electron chi connectivity index (χ3n) is 13.0. The Hall–Kier alpha value is 0.160. The molecule has 248 valence electrons. The van der Waals surface area contributed by atoms with Crippen LogP contribution in [0.5, 0.6) is 0 Å². The van der Waals surface area contributed by atoms with Crippen molar-refractivity contribution in [1.82, 2.24) is 0 Å². The van der Waals surface area contributed by atoms with Gasteiger partial charge in [0.2, 0.25) is 0 Å². The summed E-state index contributed by atoms with van der Waals surface area (Å²) in [5.74, 6) is 3.58. The normalized spacial score (nSPS) is 40.0. The first-order valence-electron chi connectivity index (χ1n) is 19.2. The molecule has 45 heavy (non-hydrogen) atoms. The molecule has 0 nitrogen and oxygen atoms in total. The minimum Gasteiger partial charge on any atom is -0.103 e. The molecule has 4 heteroatoms. The summed E-state index contributed by atoms with van der Waals surface area (Å²) in [6, 6.07) is 23.8. The zero-order valence-corrected chi connectivity index (χ0v) is 32.9. The lowest BCUT2D eigenvalue weighted by Gasteiger charge is -2.36. The van der Waals surface area contributed by atoms with Gasteiger partial charge in [-0.2, -0.15) is 0 Å². The molecule has 0 N–H and O–H groups in total. The van der Waals surface area contributed by atoms with Crippen LogP contribution in [0.15, 0.2) is 60.7 Å². The highest BCUT2D eigenvalue weighted by molar-refractivity contribution is 7.76. The summed E-state index contributed by atoms with van der Waals surface area (Å²) in [5, 5.41) is 0. The standard InChI is InChI=1S/C41H64P4/c1-6-33-22-17-25-42(33)26-27-43-35(8-3)28-36(38(43)9-4)37-29-41(32-20-15-12-16-21-32)45(39(37)10-5)30-44-34(7-2)23-24-40(44)31-18-13-11-14-19-31/h11-16,18-21,33-41H,6-10,17,22-30H2,1-5H3/t33-,34-,35-,36?,37?,38-,39-,40+,41+,42?,43?,44?,45?/m1/s1. The Morgan fingerprint density at radius 1 is 0.533 bits per heavy atom. The van der Waals surface area contributed by atoms with Crippen molar-refractivity contribution < 1.29 is 0 Å². The Labute approximate surface area is 283 Å². The van der Waals surface area contributed by atoms with Crippen LogP contribution in [0.4, 0.5) is 0 Å². The third-order valence-corrected chi connectivity index (χ3v) is 29.0. The molecule has 0 aliphatic carbocycles. The van der Waals surface area contributed by atoms with Crippen LogP contribution in [0.2, 0.25) is 0 Å². The predicted octanol–water partition coefficient (Wildman–Crippen LogP) is 13.9. The minimum absolute atomic E-state index is 0.00528. The smallest absolute Gasteiger partial charge is 0.00505 e. The van der Waals surface area contributed by atoms with Crippen LogP contribution in [-0.2, 0) is 0 Å². The van der Waals surface area contributed by atoms with Gasteiger partial charge in [-0.1, -0.05) is 119 Å². The zero-order valence-electron chi connectivity index (χ0n) is 29.4. The maximum atomic E-state index is 2.61. The van der Waals surface area contributed by atoms with Crippen LogP contribution in [0, 0.1) is 11.8 Å². The number of hydrogen-bond acceptors (Lipinski definition) is 0. The third kappa shape index (κ3) is 7.52. The van der Waals surface area contributed by atoms with Gasteiger partial charge in [0.25, 0.3) is 0 Å². The van der Waals surface area contributed by atoms with E-state index in [-0.39, 0.29) is 23.8 Å². The molecule has 6 unspecified atom stereocenters. The number of benzene rings is 2. The highest BCUT2D eigenvalue weighted by Gasteiger charge is 2.53. The van der Waals surface area contributed by atoms with Crippen molar-refractivity contribution in [3.8, 4) is 0 Å². The summed E-state index contributed by atoms with van der Waals surface area (Å²) in [6.07, 6.45) is 21.2. The van der Waals surface area contributed by atoms with Crippen molar-refractivity contribution in [2.75, 3.05) is 24.4 Å². The van der Waals surface area contributed by atoms with Crippen molar-refractivity contribution in [2.45, 2.75) is 145 Å². The van der Waals surface area contributed by atoms with E-state index in [1.165, 1.54) is 57.8 Å². The summed E-state index contributed by atoms with van der Waals surface area (Å²) >= 11 is 0. The van der Waals surface area contributed by atoms with E-state index in [0.29, 0.717) is 7.92 Å². The molecular weight excluding hydrogens is 616 g/mol. The molecular formula is C41H64P4. The fourth-order valence-electron chi connectivity index (χ4n) is 10.8. The van der Waals surface area contributed by atoms with E-state index in [1.807, 2.05) is 0 Å². The number of rotatable bonds is 13. The first-order chi connectivity index (χ1) is 22.1. The van der Waals surface area contributed by atoms with Crippen LogP contribution in [0.1, 0.15) is 128 Å². The molecule has 6 rings (SSSR count). The summed E-state index contributed by atoms with van der Waals surface area (Å²) in [6.45, 7) is 12.8. The maximum Gasteiger partial charge on any atom is 0.00505 e.